The minimum Gasteiger partial charge on any atom is -0.486 e. The van der Waals surface area contributed by atoms with Crippen molar-refractivity contribution in [3.63, 3.8) is 0 Å². The van der Waals surface area contributed by atoms with Crippen LogP contribution in [0.3, 0.4) is 0 Å². The number of carbonyl (C=O) groups is 2. The first-order valence-corrected chi connectivity index (χ1v) is 7.85. The van der Waals surface area contributed by atoms with E-state index in [0.717, 1.165) is 0 Å². The van der Waals surface area contributed by atoms with Gasteiger partial charge in [-0.2, -0.15) is 0 Å². The Kier molecular flexibility index (Phi) is 4.92. The van der Waals surface area contributed by atoms with Gasteiger partial charge in [-0.3, -0.25) is 4.79 Å². The monoisotopic (exact) mass is 366 g/mol. The molecule has 0 saturated heterocycles. The Balaban J connectivity index is 1.67. The highest BCUT2D eigenvalue weighted by Crippen LogP contribution is 2.31. The average Bonchev–Trinajstić information content (AvgIpc) is 2.61. The zero-order chi connectivity index (χ0) is 17.1. The summed E-state index contributed by atoms with van der Waals surface area (Å²) in [5, 5.41) is 0.626. The minimum absolute atomic E-state index is 0.208. The number of fused-ring (bicyclic) bond motifs is 1. The number of halogens is 2. The maximum Gasteiger partial charge on any atom is 0.338 e. The van der Waals surface area contributed by atoms with Gasteiger partial charge in [0.05, 0.1) is 10.6 Å². The van der Waals surface area contributed by atoms with E-state index in [1.807, 2.05) is 0 Å². The van der Waals surface area contributed by atoms with E-state index >= 15 is 0 Å². The van der Waals surface area contributed by atoms with Gasteiger partial charge in [-0.05, 0) is 36.4 Å². The lowest BCUT2D eigenvalue weighted by Gasteiger charge is -2.18. The molecule has 24 heavy (non-hydrogen) atoms. The molecule has 1 heterocycles. The molecule has 0 saturated carbocycles. The Morgan fingerprint density at radius 3 is 2.54 bits per heavy atom. The fraction of sp³-hybridized carbons (Fsp3) is 0.176. The van der Waals surface area contributed by atoms with Gasteiger partial charge in [0.1, 0.15) is 13.2 Å². The average molecular weight is 367 g/mol. The van der Waals surface area contributed by atoms with Gasteiger partial charge in [0.2, 0.25) is 5.78 Å². The fourth-order valence-electron chi connectivity index (χ4n) is 2.17. The summed E-state index contributed by atoms with van der Waals surface area (Å²) in [6, 6.07) is 9.22. The van der Waals surface area contributed by atoms with Gasteiger partial charge in [-0.25, -0.2) is 4.79 Å². The van der Waals surface area contributed by atoms with Crippen LogP contribution >= 0.6 is 23.2 Å². The van der Waals surface area contributed by atoms with Gasteiger partial charge in [0, 0.05) is 10.6 Å². The van der Waals surface area contributed by atoms with Crippen LogP contribution < -0.4 is 9.47 Å². The predicted molar refractivity (Wildman–Crippen MR) is 88.5 cm³/mol. The predicted octanol–water partition coefficient (Wildman–Crippen LogP) is 3.80. The molecule has 3 rings (SSSR count). The lowest BCUT2D eigenvalue weighted by atomic mass is 10.1. The van der Waals surface area contributed by atoms with Crippen LogP contribution in [0.4, 0.5) is 0 Å². The van der Waals surface area contributed by atoms with Crippen molar-refractivity contribution in [2.24, 2.45) is 0 Å². The number of benzene rings is 2. The zero-order valence-electron chi connectivity index (χ0n) is 12.4. The van der Waals surface area contributed by atoms with E-state index in [1.54, 1.807) is 18.2 Å². The number of rotatable bonds is 4. The Morgan fingerprint density at radius 2 is 1.75 bits per heavy atom. The van der Waals surface area contributed by atoms with Crippen LogP contribution in [-0.4, -0.2) is 31.6 Å². The van der Waals surface area contributed by atoms with E-state index in [0.29, 0.717) is 29.7 Å². The number of hydrogen-bond donors (Lipinski definition) is 0. The first-order chi connectivity index (χ1) is 11.5. The highest BCUT2D eigenvalue weighted by Gasteiger charge is 2.18. The summed E-state index contributed by atoms with van der Waals surface area (Å²) in [4.78, 5) is 24.2. The maximum atomic E-state index is 12.1. The standard InChI is InChI=1S/C17H12Cl2O5/c18-11-2-3-13(19)12(8-11)14(20)9-24-17(21)10-1-4-15-16(7-10)23-6-5-22-15/h1-4,7-8H,5-6,9H2. The lowest BCUT2D eigenvalue weighted by molar-refractivity contribution is 0.0474. The molecule has 0 atom stereocenters. The van der Waals surface area contributed by atoms with Crippen molar-refractivity contribution in [3.05, 3.63) is 57.6 Å². The zero-order valence-corrected chi connectivity index (χ0v) is 13.9. The first-order valence-electron chi connectivity index (χ1n) is 7.09. The largest absolute Gasteiger partial charge is 0.486 e. The third-order valence-electron chi connectivity index (χ3n) is 3.34. The molecule has 0 amide bonds. The Labute approximate surface area is 148 Å². The molecular weight excluding hydrogens is 355 g/mol. The number of esters is 1. The van der Waals surface area contributed by atoms with E-state index in [4.69, 9.17) is 37.4 Å². The van der Waals surface area contributed by atoms with Crippen LogP contribution in [-0.2, 0) is 4.74 Å². The van der Waals surface area contributed by atoms with Crippen LogP contribution in [0.25, 0.3) is 0 Å². The molecule has 2 aromatic rings. The second-order valence-electron chi connectivity index (χ2n) is 4.98. The number of hydrogen-bond acceptors (Lipinski definition) is 5. The second kappa shape index (κ2) is 7.11. The van der Waals surface area contributed by atoms with Gasteiger partial charge >= 0.3 is 5.97 Å². The van der Waals surface area contributed by atoms with Crippen molar-refractivity contribution in [1.29, 1.82) is 0 Å². The molecule has 1 aliphatic heterocycles. The van der Waals surface area contributed by atoms with Gasteiger partial charge in [-0.15, -0.1) is 0 Å². The quantitative estimate of drug-likeness (QED) is 0.608. The van der Waals surface area contributed by atoms with E-state index in [1.165, 1.54) is 18.2 Å². The molecule has 1 aliphatic rings. The number of ether oxygens (including phenoxy) is 3. The third-order valence-corrected chi connectivity index (χ3v) is 3.91. The maximum absolute atomic E-state index is 12.1. The van der Waals surface area contributed by atoms with Crippen molar-refractivity contribution < 1.29 is 23.8 Å². The summed E-state index contributed by atoms with van der Waals surface area (Å²) in [7, 11) is 0. The van der Waals surface area contributed by atoms with Crippen LogP contribution in [0.1, 0.15) is 20.7 Å². The molecule has 0 radical (unpaired) electrons. The fourth-order valence-corrected chi connectivity index (χ4v) is 2.57. The summed E-state index contributed by atoms with van der Waals surface area (Å²) in [6.07, 6.45) is 0. The van der Waals surface area contributed by atoms with E-state index in [9.17, 15) is 9.59 Å². The number of ketones is 1. The molecule has 0 unspecified atom stereocenters. The first kappa shape index (κ1) is 16.6. The summed E-state index contributed by atoms with van der Waals surface area (Å²) < 4.78 is 15.8. The van der Waals surface area contributed by atoms with Crippen molar-refractivity contribution in [3.8, 4) is 11.5 Å². The number of Topliss-reactive ketones (excluding diaryl/α,β-unsaturated/α-hetero) is 1. The Hall–Kier alpha value is -2.24. The lowest BCUT2D eigenvalue weighted by Crippen LogP contribution is -2.17. The second-order valence-corrected chi connectivity index (χ2v) is 5.83. The summed E-state index contributed by atoms with van der Waals surface area (Å²) in [6.45, 7) is 0.441. The summed E-state index contributed by atoms with van der Waals surface area (Å²) >= 11 is 11.8. The van der Waals surface area contributed by atoms with Crippen LogP contribution in [0.15, 0.2) is 36.4 Å². The third kappa shape index (κ3) is 3.63. The van der Waals surface area contributed by atoms with Crippen LogP contribution in [0.5, 0.6) is 11.5 Å². The SMILES string of the molecule is O=C(OCC(=O)c1cc(Cl)ccc1Cl)c1ccc2c(c1)OCCO2. The molecule has 2 aromatic carbocycles. The van der Waals surface area contributed by atoms with Gasteiger partial charge in [0.25, 0.3) is 0 Å². The molecule has 0 spiro atoms. The van der Waals surface area contributed by atoms with Crippen molar-refractivity contribution >= 4 is 35.0 Å². The summed E-state index contributed by atoms with van der Waals surface area (Å²) in [5.74, 6) is -0.0358. The highest BCUT2D eigenvalue weighted by molar-refractivity contribution is 6.36. The van der Waals surface area contributed by atoms with Gasteiger partial charge in [-0.1, -0.05) is 23.2 Å². The van der Waals surface area contributed by atoms with Crippen molar-refractivity contribution in [2.75, 3.05) is 19.8 Å². The summed E-state index contributed by atoms with van der Waals surface area (Å²) in [5.41, 5.74) is 0.475. The molecule has 0 N–H and O–H groups in total. The van der Waals surface area contributed by atoms with Crippen molar-refractivity contribution in [2.45, 2.75) is 0 Å². The van der Waals surface area contributed by atoms with E-state index < -0.39 is 18.4 Å². The molecule has 0 bridgehead atoms. The van der Waals surface area contributed by atoms with Gasteiger partial charge in [0.15, 0.2) is 18.1 Å². The molecule has 0 aromatic heterocycles. The van der Waals surface area contributed by atoms with E-state index in [2.05, 4.69) is 0 Å². The normalized spacial score (nSPS) is 12.6. The Morgan fingerprint density at radius 1 is 1.00 bits per heavy atom. The molecule has 5 nitrogen and oxygen atoms in total. The van der Waals surface area contributed by atoms with Gasteiger partial charge < -0.3 is 14.2 Å². The molecule has 7 heteroatoms. The molecule has 124 valence electrons. The smallest absolute Gasteiger partial charge is 0.338 e. The topological polar surface area (TPSA) is 61.8 Å². The molecule has 0 fully saturated rings. The van der Waals surface area contributed by atoms with E-state index in [-0.39, 0.29) is 16.1 Å². The van der Waals surface area contributed by atoms with Crippen molar-refractivity contribution in [1.82, 2.24) is 0 Å². The molecule has 0 aliphatic carbocycles. The highest BCUT2D eigenvalue weighted by atomic mass is 35.5. The minimum atomic E-state index is -0.640. The Bertz CT molecular complexity index is 804. The molecular formula is C17H12Cl2O5. The van der Waals surface area contributed by atoms with Crippen LogP contribution in [0.2, 0.25) is 10.0 Å². The number of carbonyl (C=O) groups excluding carboxylic acids is 2. The van der Waals surface area contributed by atoms with Crippen LogP contribution in [0, 0.1) is 0 Å².